The van der Waals surface area contributed by atoms with Crippen molar-refractivity contribution in [1.82, 2.24) is 4.72 Å². The van der Waals surface area contributed by atoms with Gasteiger partial charge in [0.05, 0.1) is 12.6 Å². The predicted molar refractivity (Wildman–Crippen MR) is 70.0 cm³/mol. The second-order valence-corrected chi connectivity index (χ2v) is 6.30. The zero-order valence-corrected chi connectivity index (χ0v) is 11.6. The Morgan fingerprint density at radius 3 is 2.84 bits per heavy atom. The molecule has 1 unspecified atom stereocenters. The maximum absolute atomic E-state index is 11.9. The van der Waals surface area contributed by atoms with Crippen molar-refractivity contribution >= 4 is 10.0 Å². The van der Waals surface area contributed by atoms with Gasteiger partial charge in [-0.05, 0) is 37.8 Å². The molecular weight excluding hydrogens is 268 g/mol. The molecule has 1 atom stereocenters. The molecule has 2 heterocycles. The standard InChI is InChI=1S/C12H20N2O4S/c13-9-11-4-5-12(18-11)19(15,16)14-7-6-10-3-1-2-8-17-10/h4-5,10,14H,1-3,6-9,13H2. The first kappa shape index (κ1) is 14.5. The highest BCUT2D eigenvalue weighted by Crippen LogP contribution is 2.16. The average molecular weight is 288 g/mol. The molecule has 7 heteroatoms. The second kappa shape index (κ2) is 6.51. The Labute approximate surface area is 113 Å². The molecule has 0 bridgehead atoms. The summed E-state index contributed by atoms with van der Waals surface area (Å²) >= 11 is 0. The summed E-state index contributed by atoms with van der Waals surface area (Å²) in [6.07, 6.45) is 4.09. The van der Waals surface area contributed by atoms with Gasteiger partial charge in [0.25, 0.3) is 10.0 Å². The van der Waals surface area contributed by atoms with E-state index in [-0.39, 0.29) is 17.7 Å². The van der Waals surface area contributed by atoms with Crippen LogP contribution in [0.25, 0.3) is 0 Å². The average Bonchev–Trinajstić information content (AvgIpc) is 2.89. The van der Waals surface area contributed by atoms with Gasteiger partial charge in [-0.3, -0.25) is 0 Å². The van der Waals surface area contributed by atoms with Gasteiger partial charge in [-0.15, -0.1) is 0 Å². The molecule has 0 saturated carbocycles. The molecule has 2 rings (SSSR count). The van der Waals surface area contributed by atoms with Gasteiger partial charge in [-0.25, -0.2) is 13.1 Å². The Kier molecular flexibility index (Phi) is 4.98. The maximum atomic E-state index is 11.9. The number of nitrogens with two attached hydrogens (primary N) is 1. The van der Waals surface area contributed by atoms with Gasteiger partial charge in [0.15, 0.2) is 0 Å². The first-order valence-corrected chi connectivity index (χ1v) is 8.00. The zero-order chi connectivity index (χ0) is 13.7. The summed E-state index contributed by atoms with van der Waals surface area (Å²) < 4.78 is 37.0. The van der Waals surface area contributed by atoms with E-state index in [1.807, 2.05) is 0 Å². The topological polar surface area (TPSA) is 94.6 Å². The number of sulfonamides is 1. The van der Waals surface area contributed by atoms with Crippen molar-refractivity contribution in [3.8, 4) is 0 Å². The normalized spacial score (nSPS) is 20.6. The van der Waals surface area contributed by atoms with Crippen molar-refractivity contribution in [1.29, 1.82) is 0 Å². The van der Waals surface area contributed by atoms with Gasteiger partial charge in [0, 0.05) is 13.2 Å². The first-order valence-electron chi connectivity index (χ1n) is 6.52. The number of hydrogen-bond donors (Lipinski definition) is 2. The lowest BCUT2D eigenvalue weighted by Gasteiger charge is -2.22. The molecule has 1 aliphatic rings. The minimum Gasteiger partial charge on any atom is -0.447 e. The molecule has 0 aliphatic carbocycles. The second-order valence-electron chi connectivity index (χ2n) is 4.60. The van der Waals surface area contributed by atoms with Gasteiger partial charge in [-0.1, -0.05) is 0 Å². The van der Waals surface area contributed by atoms with Gasteiger partial charge < -0.3 is 14.9 Å². The van der Waals surface area contributed by atoms with Crippen LogP contribution >= 0.6 is 0 Å². The van der Waals surface area contributed by atoms with E-state index in [0.717, 1.165) is 25.9 Å². The summed E-state index contributed by atoms with van der Waals surface area (Å²) in [6, 6.07) is 2.99. The van der Waals surface area contributed by atoms with Crippen molar-refractivity contribution in [3.63, 3.8) is 0 Å². The monoisotopic (exact) mass is 288 g/mol. The zero-order valence-electron chi connectivity index (χ0n) is 10.8. The van der Waals surface area contributed by atoms with Crippen LogP contribution < -0.4 is 10.5 Å². The molecule has 19 heavy (non-hydrogen) atoms. The lowest BCUT2D eigenvalue weighted by Crippen LogP contribution is -2.29. The van der Waals surface area contributed by atoms with E-state index in [9.17, 15) is 8.42 Å². The van der Waals surface area contributed by atoms with Gasteiger partial charge in [0.2, 0.25) is 5.09 Å². The predicted octanol–water partition coefficient (Wildman–Crippen LogP) is 0.976. The number of nitrogens with one attached hydrogen (secondary N) is 1. The molecule has 3 N–H and O–H groups in total. The van der Waals surface area contributed by atoms with Crippen LogP contribution in [0.3, 0.4) is 0 Å². The SMILES string of the molecule is NCc1ccc(S(=O)(=O)NCCC2CCCCO2)o1. The lowest BCUT2D eigenvalue weighted by atomic mass is 10.1. The molecule has 1 aliphatic heterocycles. The number of ether oxygens (including phenoxy) is 1. The molecule has 0 spiro atoms. The van der Waals surface area contributed by atoms with E-state index in [4.69, 9.17) is 14.9 Å². The maximum Gasteiger partial charge on any atom is 0.273 e. The number of rotatable bonds is 6. The van der Waals surface area contributed by atoms with E-state index >= 15 is 0 Å². The minimum atomic E-state index is -3.58. The molecule has 0 amide bonds. The van der Waals surface area contributed by atoms with Gasteiger partial charge >= 0.3 is 0 Å². The third-order valence-electron chi connectivity index (χ3n) is 3.14. The van der Waals surface area contributed by atoms with Crippen LogP contribution in [0.15, 0.2) is 21.6 Å². The van der Waals surface area contributed by atoms with E-state index in [2.05, 4.69) is 4.72 Å². The minimum absolute atomic E-state index is 0.0856. The highest BCUT2D eigenvalue weighted by Gasteiger charge is 2.19. The Hall–Kier alpha value is -0.890. The van der Waals surface area contributed by atoms with Crippen molar-refractivity contribution in [2.45, 2.75) is 43.4 Å². The molecule has 1 aromatic rings. The quantitative estimate of drug-likeness (QED) is 0.813. The van der Waals surface area contributed by atoms with E-state index < -0.39 is 10.0 Å². The third kappa shape index (κ3) is 4.04. The summed E-state index contributed by atoms with van der Waals surface area (Å²) in [5.74, 6) is 0.455. The number of hydrogen-bond acceptors (Lipinski definition) is 5. The van der Waals surface area contributed by atoms with Crippen molar-refractivity contribution in [2.75, 3.05) is 13.2 Å². The molecule has 6 nitrogen and oxygen atoms in total. The van der Waals surface area contributed by atoms with Gasteiger partial charge in [0.1, 0.15) is 5.76 Å². The fourth-order valence-electron chi connectivity index (χ4n) is 2.07. The molecule has 1 fully saturated rings. The third-order valence-corrected chi connectivity index (χ3v) is 4.47. The molecule has 0 aromatic carbocycles. The molecule has 0 radical (unpaired) electrons. The van der Waals surface area contributed by atoms with Crippen molar-refractivity contribution in [2.24, 2.45) is 5.73 Å². The lowest BCUT2D eigenvalue weighted by molar-refractivity contribution is 0.0123. The Morgan fingerprint density at radius 2 is 2.21 bits per heavy atom. The van der Waals surface area contributed by atoms with E-state index in [0.29, 0.717) is 18.7 Å². The fraction of sp³-hybridized carbons (Fsp3) is 0.667. The Morgan fingerprint density at radius 1 is 1.37 bits per heavy atom. The van der Waals surface area contributed by atoms with Crippen LogP contribution in [0, 0.1) is 0 Å². The van der Waals surface area contributed by atoms with Crippen molar-refractivity contribution in [3.05, 3.63) is 17.9 Å². The molecule has 1 saturated heterocycles. The summed E-state index contributed by atoms with van der Waals surface area (Å²) in [4.78, 5) is 0. The summed E-state index contributed by atoms with van der Waals surface area (Å²) in [6.45, 7) is 1.31. The molecular formula is C12H20N2O4S. The number of furan rings is 1. The highest BCUT2D eigenvalue weighted by molar-refractivity contribution is 7.89. The largest absolute Gasteiger partial charge is 0.447 e. The van der Waals surface area contributed by atoms with Crippen molar-refractivity contribution < 1.29 is 17.6 Å². The van der Waals surface area contributed by atoms with E-state index in [1.54, 1.807) is 6.07 Å². The van der Waals surface area contributed by atoms with Crippen LogP contribution in [-0.4, -0.2) is 27.7 Å². The molecule has 1 aromatic heterocycles. The van der Waals surface area contributed by atoms with Gasteiger partial charge in [-0.2, -0.15) is 0 Å². The van der Waals surface area contributed by atoms with Crippen LogP contribution in [0.1, 0.15) is 31.4 Å². The Balaban J connectivity index is 1.83. The highest BCUT2D eigenvalue weighted by atomic mass is 32.2. The molecule has 108 valence electrons. The van der Waals surface area contributed by atoms with Crippen LogP contribution in [-0.2, 0) is 21.3 Å². The summed E-state index contributed by atoms with van der Waals surface area (Å²) in [5.41, 5.74) is 5.38. The van der Waals surface area contributed by atoms with E-state index in [1.165, 1.54) is 6.07 Å². The summed E-state index contributed by atoms with van der Waals surface area (Å²) in [7, 11) is -3.58. The summed E-state index contributed by atoms with van der Waals surface area (Å²) in [5, 5.41) is -0.0856. The van der Waals surface area contributed by atoms with Crippen LogP contribution in [0.2, 0.25) is 0 Å². The Bertz CT molecular complexity index is 492. The van der Waals surface area contributed by atoms with Crippen LogP contribution in [0.5, 0.6) is 0 Å². The fourth-order valence-corrected chi connectivity index (χ4v) is 3.07. The first-order chi connectivity index (χ1) is 9.12. The smallest absolute Gasteiger partial charge is 0.273 e. The van der Waals surface area contributed by atoms with Crippen LogP contribution in [0.4, 0.5) is 0 Å².